The van der Waals surface area contributed by atoms with Gasteiger partial charge in [-0.05, 0) is 81.3 Å². The smallest absolute Gasteiger partial charge is 0.253 e. The van der Waals surface area contributed by atoms with E-state index >= 15 is 0 Å². The van der Waals surface area contributed by atoms with Gasteiger partial charge >= 0.3 is 0 Å². The monoisotopic (exact) mass is 477 g/mol. The molecule has 2 fully saturated rings. The van der Waals surface area contributed by atoms with Crippen LogP contribution in [0.25, 0.3) is 0 Å². The lowest BCUT2D eigenvalue weighted by molar-refractivity contribution is -0.136. The van der Waals surface area contributed by atoms with Crippen LogP contribution in [0.3, 0.4) is 0 Å². The molecule has 1 N–H and O–H groups in total. The molecule has 1 atom stereocenters. The molecule has 0 aliphatic carbocycles. The lowest BCUT2D eigenvalue weighted by Gasteiger charge is -2.38. The predicted molar refractivity (Wildman–Crippen MR) is 134 cm³/mol. The molecule has 7 heteroatoms. The number of methoxy groups -OCH3 is 1. The van der Waals surface area contributed by atoms with Gasteiger partial charge in [0.1, 0.15) is 11.8 Å². The molecule has 35 heavy (non-hydrogen) atoms. The molecule has 0 saturated carbocycles. The van der Waals surface area contributed by atoms with E-state index in [1.165, 1.54) is 0 Å². The van der Waals surface area contributed by atoms with E-state index in [-0.39, 0.29) is 23.6 Å². The standard InChI is InChI=1S/C28H35N3O4/c1-20-6-8-23(9-7-20)27(33)31-18-14-21(15-19-31)25(28(34)30-16-4-3-5-17-30)29-26(32)22-10-12-24(35-2)13-11-22/h6-13,21,25H,3-5,14-19H2,1-2H3,(H,29,32). The summed E-state index contributed by atoms with van der Waals surface area (Å²) in [6, 6.07) is 13.9. The van der Waals surface area contributed by atoms with Crippen LogP contribution in [0, 0.1) is 12.8 Å². The summed E-state index contributed by atoms with van der Waals surface area (Å²) in [6.07, 6.45) is 4.46. The number of rotatable bonds is 6. The zero-order valence-electron chi connectivity index (χ0n) is 20.7. The molecule has 2 heterocycles. The molecule has 4 rings (SSSR count). The van der Waals surface area contributed by atoms with Crippen molar-refractivity contribution >= 4 is 17.7 Å². The van der Waals surface area contributed by atoms with Gasteiger partial charge in [0.2, 0.25) is 5.91 Å². The fraction of sp³-hybridized carbons (Fsp3) is 0.464. The third-order valence-electron chi connectivity index (χ3n) is 7.17. The van der Waals surface area contributed by atoms with E-state index in [1.54, 1.807) is 31.4 Å². The Kier molecular flexibility index (Phi) is 8.06. The van der Waals surface area contributed by atoms with Gasteiger partial charge in [0.25, 0.3) is 11.8 Å². The number of benzene rings is 2. The molecule has 1 unspecified atom stereocenters. The number of nitrogens with zero attached hydrogens (tertiary/aromatic N) is 2. The molecule has 0 spiro atoms. The second-order valence-electron chi connectivity index (χ2n) is 9.56. The van der Waals surface area contributed by atoms with Gasteiger partial charge in [-0.15, -0.1) is 0 Å². The average Bonchev–Trinajstić information content (AvgIpc) is 2.92. The zero-order valence-corrected chi connectivity index (χ0v) is 20.7. The Morgan fingerprint density at radius 3 is 2.03 bits per heavy atom. The number of nitrogens with one attached hydrogen (secondary N) is 1. The van der Waals surface area contributed by atoms with Crippen molar-refractivity contribution in [1.82, 2.24) is 15.1 Å². The number of aryl methyl sites for hydroxylation is 1. The number of likely N-dealkylation sites (tertiary alicyclic amines) is 2. The molecule has 186 valence electrons. The zero-order chi connectivity index (χ0) is 24.8. The van der Waals surface area contributed by atoms with E-state index in [4.69, 9.17) is 4.74 Å². The largest absolute Gasteiger partial charge is 0.497 e. The van der Waals surface area contributed by atoms with Crippen molar-refractivity contribution in [3.8, 4) is 5.75 Å². The fourth-order valence-electron chi connectivity index (χ4n) is 4.97. The first-order valence-corrected chi connectivity index (χ1v) is 12.6. The van der Waals surface area contributed by atoms with Gasteiger partial charge in [0, 0.05) is 37.3 Å². The quantitative estimate of drug-likeness (QED) is 0.689. The SMILES string of the molecule is COc1ccc(C(=O)NC(C(=O)N2CCCCC2)C2CCN(C(=O)c3ccc(C)cc3)CC2)cc1. The Morgan fingerprint density at radius 2 is 1.43 bits per heavy atom. The van der Waals surface area contributed by atoms with E-state index in [2.05, 4.69) is 5.32 Å². The fourth-order valence-corrected chi connectivity index (χ4v) is 4.97. The normalized spacial score (nSPS) is 17.5. The molecule has 0 radical (unpaired) electrons. The van der Waals surface area contributed by atoms with Gasteiger partial charge in [-0.25, -0.2) is 0 Å². The van der Waals surface area contributed by atoms with Gasteiger partial charge in [-0.1, -0.05) is 17.7 Å². The summed E-state index contributed by atoms with van der Waals surface area (Å²) >= 11 is 0. The summed E-state index contributed by atoms with van der Waals surface area (Å²) in [5, 5.41) is 3.05. The minimum atomic E-state index is -0.598. The van der Waals surface area contributed by atoms with Crippen LogP contribution in [0.5, 0.6) is 5.75 Å². The van der Waals surface area contributed by atoms with Crippen LogP contribution in [-0.4, -0.2) is 66.9 Å². The second-order valence-corrected chi connectivity index (χ2v) is 9.56. The van der Waals surface area contributed by atoms with Crippen molar-refractivity contribution in [3.05, 3.63) is 65.2 Å². The maximum atomic E-state index is 13.5. The van der Waals surface area contributed by atoms with E-state index in [9.17, 15) is 14.4 Å². The predicted octanol–water partition coefficient (Wildman–Crippen LogP) is 3.67. The van der Waals surface area contributed by atoms with Crippen LogP contribution in [0.2, 0.25) is 0 Å². The van der Waals surface area contributed by atoms with Crippen LogP contribution in [0.15, 0.2) is 48.5 Å². The molecular formula is C28H35N3O4. The van der Waals surface area contributed by atoms with Crippen molar-refractivity contribution in [2.45, 2.75) is 45.1 Å². The summed E-state index contributed by atoms with van der Waals surface area (Å²) in [6.45, 7) is 4.61. The van der Waals surface area contributed by atoms with Crippen LogP contribution >= 0.6 is 0 Å². The van der Waals surface area contributed by atoms with Crippen molar-refractivity contribution in [3.63, 3.8) is 0 Å². The van der Waals surface area contributed by atoms with Gasteiger partial charge in [-0.3, -0.25) is 14.4 Å². The highest BCUT2D eigenvalue weighted by molar-refractivity contribution is 5.98. The topological polar surface area (TPSA) is 79.0 Å². The number of hydrogen-bond acceptors (Lipinski definition) is 4. The molecule has 3 amide bonds. The Labute approximate surface area is 207 Å². The van der Waals surface area contributed by atoms with E-state index in [1.807, 2.05) is 41.0 Å². The molecule has 2 aromatic carbocycles. The van der Waals surface area contributed by atoms with Crippen molar-refractivity contribution < 1.29 is 19.1 Å². The Bertz CT molecular complexity index is 1020. The molecular weight excluding hydrogens is 442 g/mol. The Balaban J connectivity index is 1.45. The van der Waals surface area contributed by atoms with Crippen LogP contribution in [-0.2, 0) is 4.79 Å². The minimum Gasteiger partial charge on any atom is -0.497 e. The highest BCUT2D eigenvalue weighted by atomic mass is 16.5. The third-order valence-corrected chi connectivity index (χ3v) is 7.17. The van der Waals surface area contributed by atoms with Gasteiger partial charge in [0.05, 0.1) is 7.11 Å². The number of carbonyl (C=O) groups is 3. The number of hydrogen-bond donors (Lipinski definition) is 1. The summed E-state index contributed by atoms with van der Waals surface area (Å²) in [7, 11) is 1.58. The highest BCUT2D eigenvalue weighted by Gasteiger charge is 2.36. The third kappa shape index (κ3) is 6.02. The van der Waals surface area contributed by atoms with Crippen LogP contribution < -0.4 is 10.1 Å². The molecule has 2 aliphatic rings. The Morgan fingerprint density at radius 1 is 0.829 bits per heavy atom. The first kappa shape index (κ1) is 24.8. The number of piperidine rings is 2. The first-order chi connectivity index (χ1) is 17.0. The average molecular weight is 478 g/mol. The minimum absolute atomic E-state index is 0.00475. The molecule has 2 aliphatic heterocycles. The summed E-state index contributed by atoms with van der Waals surface area (Å²) < 4.78 is 5.19. The van der Waals surface area contributed by atoms with Crippen molar-refractivity contribution in [2.75, 3.05) is 33.3 Å². The number of carbonyl (C=O) groups excluding carboxylic acids is 3. The van der Waals surface area contributed by atoms with Crippen molar-refractivity contribution in [2.24, 2.45) is 5.92 Å². The van der Waals surface area contributed by atoms with Crippen LogP contribution in [0.4, 0.5) is 0 Å². The summed E-state index contributed by atoms with van der Waals surface area (Å²) in [5.74, 6) is 0.405. The summed E-state index contributed by atoms with van der Waals surface area (Å²) in [5.41, 5.74) is 2.30. The number of amides is 3. The second kappa shape index (κ2) is 11.4. The lowest BCUT2D eigenvalue weighted by Crippen LogP contribution is -2.55. The van der Waals surface area contributed by atoms with E-state index < -0.39 is 6.04 Å². The molecule has 2 aromatic rings. The van der Waals surface area contributed by atoms with Crippen molar-refractivity contribution in [1.29, 1.82) is 0 Å². The lowest BCUT2D eigenvalue weighted by atomic mass is 9.87. The van der Waals surface area contributed by atoms with Crippen LogP contribution in [0.1, 0.15) is 58.4 Å². The van der Waals surface area contributed by atoms with Gasteiger partial charge in [0.15, 0.2) is 0 Å². The summed E-state index contributed by atoms with van der Waals surface area (Å²) in [4.78, 5) is 43.3. The van der Waals surface area contributed by atoms with E-state index in [0.29, 0.717) is 42.8 Å². The van der Waals surface area contributed by atoms with E-state index in [0.717, 1.165) is 37.9 Å². The maximum Gasteiger partial charge on any atom is 0.253 e. The highest BCUT2D eigenvalue weighted by Crippen LogP contribution is 2.25. The molecule has 2 saturated heterocycles. The Hall–Kier alpha value is -3.35. The van der Waals surface area contributed by atoms with Gasteiger partial charge < -0.3 is 19.9 Å². The maximum absolute atomic E-state index is 13.5. The molecule has 0 bridgehead atoms. The molecule has 7 nitrogen and oxygen atoms in total. The first-order valence-electron chi connectivity index (χ1n) is 12.6. The number of ether oxygens (including phenoxy) is 1. The van der Waals surface area contributed by atoms with Gasteiger partial charge in [-0.2, -0.15) is 0 Å². The molecule has 0 aromatic heterocycles.